The summed E-state index contributed by atoms with van der Waals surface area (Å²) >= 11 is 2.39. The Bertz CT molecular complexity index is 2130. The van der Waals surface area contributed by atoms with Crippen LogP contribution in [0.5, 0.6) is 5.75 Å². The summed E-state index contributed by atoms with van der Waals surface area (Å²) in [5.41, 5.74) is 2.69. The standard InChI is InChI=1S/C36H41N5O11S3/c1-20-22(9-8-10-23(20)17-51-55(7,46)47)15-24-18-53-32-28(31(43)41(32)29(24)33(44)50-16-21-11-13-25(48-5)14-12-21)38-30(42)27(40-49-6)26-19-54-34(37-26)39-35(45)52-36(2,3)4/h8-14,19,28,32H,15-18H2,1-7H3,(H,38,42)(H,37,39,45). The highest BCUT2D eigenvalue weighted by Gasteiger charge is 2.54. The lowest BCUT2D eigenvalue weighted by molar-refractivity contribution is -0.153. The number of anilines is 1. The molecule has 2 unspecified atom stereocenters. The Balaban J connectivity index is 1.37. The van der Waals surface area contributed by atoms with Crippen LogP contribution in [-0.2, 0) is 62.6 Å². The molecule has 2 N–H and O–H groups in total. The molecule has 16 nitrogen and oxygen atoms in total. The van der Waals surface area contributed by atoms with Crippen LogP contribution in [0.15, 0.2) is 64.3 Å². The van der Waals surface area contributed by atoms with E-state index in [1.807, 2.05) is 13.0 Å². The van der Waals surface area contributed by atoms with Crippen LogP contribution in [0.3, 0.4) is 0 Å². The van der Waals surface area contributed by atoms with Gasteiger partial charge in [0.05, 0.1) is 20.0 Å². The lowest BCUT2D eigenvalue weighted by Gasteiger charge is -2.49. The second-order valence-electron chi connectivity index (χ2n) is 13.4. The number of methoxy groups -OCH3 is 1. The van der Waals surface area contributed by atoms with Gasteiger partial charge in [0.2, 0.25) is 0 Å². The number of ether oxygens (including phenoxy) is 3. The van der Waals surface area contributed by atoms with E-state index < -0.39 is 51.0 Å². The Morgan fingerprint density at radius 1 is 1.05 bits per heavy atom. The fourth-order valence-corrected chi connectivity index (χ4v) is 7.94. The van der Waals surface area contributed by atoms with Gasteiger partial charge in [-0.05, 0) is 74.1 Å². The molecule has 0 saturated carbocycles. The molecule has 0 aliphatic carbocycles. The average molecular weight is 816 g/mol. The number of benzene rings is 2. The van der Waals surface area contributed by atoms with E-state index >= 15 is 0 Å². The molecule has 19 heteroatoms. The van der Waals surface area contributed by atoms with Crippen molar-refractivity contribution in [2.24, 2.45) is 5.16 Å². The summed E-state index contributed by atoms with van der Waals surface area (Å²) in [7, 11) is -0.890. The molecular formula is C36H41N5O11S3. The van der Waals surface area contributed by atoms with E-state index in [1.54, 1.807) is 64.3 Å². The van der Waals surface area contributed by atoms with Crippen LogP contribution in [0.4, 0.5) is 9.93 Å². The number of aromatic nitrogens is 1. The summed E-state index contributed by atoms with van der Waals surface area (Å²) in [6.07, 6.45) is 0.496. The third-order valence-corrected chi connectivity index (χ3v) is 10.8. The largest absolute Gasteiger partial charge is 0.497 e. The zero-order valence-electron chi connectivity index (χ0n) is 31.2. The lowest BCUT2D eigenvalue weighted by atomic mass is 9.94. The van der Waals surface area contributed by atoms with Gasteiger partial charge in [-0.1, -0.05) is 35.5 Å². The van der Waals surface area contributed by atoms with Crippen LogP contribution in [0.1, 0.15) is 48.7 Å². The topological polar surface area (TPSA) is 201 Å². The maximum atomic E-state index is 13.9. The number of carbonyl (C=O) groups is 4. The summed E-state index contributed by atoms with van der Waals surface area (Å²) < 4.78 is 44.6. The van der Waals surface area contributed by atoms with Crippen LogP contribution in [0.2, 0.25) is 0 Å². The predicted molar refractivity (Wildman–Crippen MR) is 205 cm³/mol. The normalized spacial score (nSPS) is 17.2. The summed E-state index contributed by atoms with van der Waals surface area (Å²) in [5.74, 6) is -1.09. The molecule has 3 aromatic rings. The molecule has 2 aliphatic heterocycles. The molecule has 2 atom stereocenters. The highest BCUT2D eigenvalue weighted by Crippen LogP contribution is 2.42. The fourth-order valence-electron chi connectivity index (χ4n) is 5.57. The summed E-state index contributed by atoms with van der Waals surface area (Å²) in [6, 6.07) is 11.3. The Hall–Kier alpha value is -4.98. The Kier molecular flexibility index (Phi) is 12.9. The summed E-state index contributed by atoms with van der Waals surface area (Å²) in [6.45, 7) is 6.74. The van der Waals surface area contributed by atoms with Crippen molar-refractivity contribution < 1.29 is 50.8 Å². The molecule has 3 heterocycles. The van der Waals surface area contributed by atoms with Gasteiger partial charge < -0.3 is 24.4 Å². The number of β-lactam (4-membered cyclic amide) rings is 1. The molecule has 55 heavy (non-hydrogen) atoms. The molecule has 1 fully saturated rings. The lowest BCUT2D eigenvalue weighted by Crippen LogP contribution is -2.71. The first kappa shape index (κ1) is 41.2. The van der Waals surface area contributed by atoms with Crippen molar-refractivity contribution in [1.82, 2.24) is 15.2 Å². The number of carbonyl (C=O) groups excluding carboxylic acids is 4. The van der Waals surface area contributed by atoms with Crippen molar-refractivity contribution in [3.05, 3.63) is 87.1 Å². The van der Waals surface area contributed by atoms with Gasteiger partial charge in [-0.3, -0.25) is 24.0 Å². The van der Waals surface area contributed by atoms with Crippen molar-refractivity contribution in [1.29, 1.82) is 0 Å². The van der Waals surface area contributed by atoms with Crippen molar-refractivity contribution in [2.45, 2.75) is 64.3 Å². The van der Waals surface area contributed by atoms with E-state index in [0.717, 1.165) is 28.7 Å². The third kappa shape index (κ3) is 10.4. The van der Waals surface area contributed by atoms with Gasteiger partial charge >= 0.3 is 12.1 Å². The monoisotopic (exact) mass is 815 g/mol. The van der Waals surface area contributed by atoms with Crippen molar-refractivity contribution in [3.8, 4) is 5.75 Å². The van der Waals surface area contributed by atoms with Crippen molar-refractivity contribution in [3.63, 3.8) is 0 Å². The number of fused-ring (bicyclic) bond motifs is 1. The molecular weight excluding hydrogens is 775 g/mol. The van der Waals surface area contributed by atoms with Crippen LogP contribution >= 0.6 is 23.1 Å². The molecule has 1 saturated heterocycles. The minimum atomic E-state index is -3.68. The van der Waals surface area contributed by atoms with Crippen molar-refractivity contribution in [2.75, 3.05) is 31.5 Å². The number of hydrogen-bond donors (Lipinski definition) is 2. The van der Waals surface area contributed by atoms with E-state index in [1.165, 1.54) is 29.2 Å². The van der Waals surface area contributed by atoms with Gasteiger partial charge in [0.1, 0.15) is 47.9 Å². The van der Waals surface area contributed by atoms with Crippen molar-refractivity contribution >= 4 is 67.9 Å². The number of nitrogens with zero attached hydrogens (tertiary/aromatic N) is 3. The van der Waals surface area contributed by atoms with Gasteiger partial charge in [-0.2, -0.15) is 8.42 Å². The SMILES string of the molecule is CON=C(C(=O)NC1C(=O)N2C(C(=O)OCc3ccc(OC)cc3)=C(Cc3cccc(COS(C)(=O)=O)c3C)CSC12)c1csc(NC(=O)OC(C)(C)C)n1. The summed E-state index contributed by atoms with van der Waals surface area (Å²) in [5, 5.41) is 10.0. The van der Waals surface area contributed by atoms with Crippen LogP contribution in [0, 0.1) is 6.92 Å². The minimum Gasteiger partial charge on any atom is -0.497 e. The fraction of sp³-hybridized carbons (Fsp3) is 0.389. The Morgan fingerprint density at radius 2 is 1.76 bits per heavy atom. The highest BCUT2D eigenvalue weighted by molar-refractivity contribution is 8.00. The van der Waals surface area contributed by atoms with E-state index in [-0.39, 0.29) is 41.9 Å². The second-order valence-corrected chi connectivity index (χ2v) is 17.0. The zero-order valence-corrected chi connectivity index (χ0v) is 33.6. The van der Waals surface area contributed by atoms with Gasteiger partial charge in [0.25, 0.3) is 21.9 Å². The average Bonchev–Trinajstić information content (AvgIpc) is 3.58. The Morgan fingerprint density at radius 3 is 2.42 bits per heavy atom. The first-order chi connectivity index (χ1) is 26.0. The number of oxime groups is 1. The number of nitrogens with one attached hydrogen (secondary N) is 2. The second kappa shape index (κ2) is 17.2. The van der Waals surface area contributed by atoms with Crippen LogP contribution in [0.25, 0.3) is 0 Å². The highest BCUT2D eigenvalue weighted by atomic mass is 32.2. The number of thioether (sulfide) groups is 1. The number of rotatable bonds is 14. The molecule has 3 amide bonds. The molecule has 0 bridgehead atoms. The van der Waals surface area contributed by atoms with Crippen LogP contribution < -0.4 is 15.4 Å². The molecule has 0 spiro atoms. The first-order valence-electron chi connectivity index (χ1n) is 16.7. The third-order valence-electron chi connectivity index (χ3n) is 8.20. The van der Waals surface area contributed by atoms with Gasteiger partial charge in [-0.25, -0.2) is 14.6 Å². The van der Waals surface area contributed by atoms with E-state index in [4.69, 9.17) is 23.2 Å². The maximum Gasteiger partial charge on any atom is 0.413 e. The number of hydrogen-bond acceptors (Lipinski definition) is 15. The Labute approximate surface area is 326 Å². The minimum absolute atomic E-state index is 0.0630. The van der Waals surface area contributed by atoms with E-state index in [2.05, 4.69) is 20.8 Å². The van der Waals surface area contributed by atoms with Gasteiger partial charge in [-0.15, -0.1) is 23.1 Å². The molecule has 1 aromatic heterocycles. The molecule has 294 valence electrons. The first-order valence-corrected chi connectivity index (χ1v) is 20.5. The molecule has 5 rings (SSSR count). The maximum absolute atomic E-state index is 13.9. The molecule has 2 aromatic carbocycles. The van der Waals surface area contributed by atoms with Gasteiger partial charge in [0, 0.05) is 11.1 Å². The van der Waals surface area contributed by atoms with E-state index in [9.17, 15) is 27.6 Å². The predicted octanol–water partition coefficient (Wildman–Crippen LogP) is 4.27. The number of esters is 1. The number of thiazole rings is 1. The molecule has 2 aliphatic rings. The molecule has 0 radical (unpaired) electrons. The van der Waals surface area contributed by atoms with E-state index in [0.29, 0.717) is 28.2 Å². The summed E-state index contributed by atoms with van der Waals surface area (Å²) in [4.78, 5) is 64.1. The van der Waals surface area contributed by atoms with Crippen LogP contribution in [-0.4, -0.2) is 91.1 Å². The number of amides is 3. The van der Waals surface area contributed by atoms with Gasteiger partial charge in [0.15, 0.2) is 10.8 Å². The quantitative estimate of drug-likeness (QED) is 0.0769. The smallest absolute Gasteiger partial charge is 0.413 e. The zero-order chi connectivity index (χ0) is 40.1.